The number of likely N-dealkylation sites (N-methyl/N-ethyl adjacent to an activating group) is 1. The van der Waals surface area contributed by atoms with E-state index in [1.165, 1.54) is 24.5 Å². The lowest BCUT2D eigenvalue weighted by Crippen LogP contribution is -2.55. The molecule has 10 nitrogen and oxygen atoms in total. The molecule has 13 heteroatoms. The lowest BCUT2D eigenvalue weighted by atomic mass is 10.0. The van der Waals surface area contributed by atoms with Crippen molar-refractivity contribution in [2.24, 2.45) is 0 Å². The van der Waals surface area contributed by atoms with Crippen molar-refractivity contribution < 1.29 is 22.7 Å². The summed E-state index contributed by atoms with van der Waals surface area (Å²) in [5.74, 6) is -0.911. The highest BCUT2D eigenvalue weighted by atomic mass is 19.3. The van der Waals surface area contributed by atoms with Gasteiger partial charge in [0, 0.05) is 79.6 Å². The fraction of sp³-hybridized carbons (Fsp3) is 0.467. The SMILES string of the molecule is CC1CN(c2ncc(-c3cc(NC(=O)c4c[nH]c(=O)cc4C(F)F)c(N4CC(C)N(C)C(C)C4)cc3F)cn2)CC(C)O1. The number of aromatic nitrogens is 3. The molecule has 0 aliphatic carbocycles. The number of nitrogens with zero attached hydrogens (tertiary/aromatic N) is 5. The number of hydrogen-bond acceptors (Lipinski definition) is 8. The monoisotopic (exact) mass is 599 g/mol. The number of rotatable bonds is 6. The van der Waals surface area contributed by atoms with Crippen LogP contribution in [0.1, 0.15) is 50.0 Å². The second-order valence-electron chi connectivity index (χ2n) is 11.5. The molecule has 2 aliphatic heterocycles. The van der Waals surface area contributed by atoms with Crippen LogP contribution in [0.15, 0.2) is 41.6 Å². The summed E-state index contributed by atoms with van der Waals surface area (Å²) in [6.45, 7) is 10.4. The van der Waals surface area contributed by atoms with Gasteiger partial charge in [0.15, 0.2) is 0 Å². The van der Waals surface area contributed by atoms with Crippen LogP contribution in [0.2, 0.25) is 0 Å². The van der Waals surface area contributed by atoms with E-state index >= 15 is 4.39 Å². The van der Waals surface area contributed by atoms with Gasteiger partial charge in [0.1, 0.15) is 5.82 Å². The van der Waals surface area contributed by atoms with Crippen molar-refractivity contribution in [2.45, 2.75) is 58.4 Å². The Hall–Kier alpha value is -3.97. The van der Waals surface area contributed by atoms with Crippen molar-refractivity contribution in [3.05, 3.63) is 64.1 Å². The number of hydrogen-bond donors (Lipinski definition) is 2. The topological polar surface area (TPSA) is 107 Å². The van der Waals surface area contributed by atoms with E-state index in [4.69, 9.17) is 4.74 Å². The van der Waals surface area contributed by atoms with Crippen molar-refractivity contribution in [3.63, 3.8) is 0 Å². The van der Waals surface area contributed by atoms with Gasteiger partial charge in [-0.2, -0.15) is 0 Å². The molecule has 43 heavy (non-hydrogen) atoms. The van der Waals surface area contributed by atoms with E-state index in [-0.39, 0.29) is 41.1 Å². The fourth-order valence-electron chi connectivity index (χ4n) is 5.77. The third-order valence-electron chi connectivity index (χ3n) is 8.12. The summed E-state index contributed by atoms with van der Waals surface area (Å²) in [7, 11) is 2.02. The molecule has 0 bridgehead atoms. The number of halogens is 3. The molecule has 230 valence electrons. The predicted molar refractivity (Wildman–Crippen MR) is 159 cm³/mol. The summed E-state index contributed by atoms with van der Waals surface area (Å²) in [5, 5.41) is 2.71. The van der Waals surface area contributed by atoms with Crippen LogP contribution in [0.25, 0.3) is 11.1 Å². The number of piperazine rings is 1. The summed E-state index contributed by atoms with van der Waals surface area (Å²) < 4.78 is 49.0. The molecule has 1 aromatic carbocycles. The number of carbonyl (C=O) groups excluding carboxylic acids is 1. The highest BCUT2D eigenvalue weighted by molar-refractivity contribution is 6.07. The predicted octanol–water partition coefficient (Wildman–Crippen LogP) is 4.30. The van der Waals surface area contributed by atoms with Crippen LogP contribution in [-0.4, -0.2) is 83.3 Å². The number of H-pyrrole nitrogens is 1. The molecule has 0 spiro atoms. The van der Waals surface area contributed by atoms with Gasteiger partial charge >= 0.3 is 0 Å². The quantitative estimate of drug-likeness (QED) is 0.432. The molecule has 3 aromatic rings. The smallest absolute Gasteiger partial charge is 0.264 e. The largest absolute Gasteiger partial charge is 0.372 e. The molecule has 0 saturated carbocycles. The van der Waals surface area contributed by atoms with Crippen LogP contribution in [0, 0.1) is 5.82 Å². The molecule has 4 atom stereocenters. The second kappa shape index (κ2) is 12.3. The number of amides is 1. The van der Waals surface area contributed by atoms with E-state index in [1.807, 2.05) is 30.7 Å². The van der Waals surface area contributed by atoms with Crippen molar-refractivity contribution in [1.82, 2.24) is 19.9 Å². The zero-order valence-corrected chi connectivity index (χ0v) is 24.8. The number of aromatic amines is 1. The van der Waals surface area contributed by atoms with E-state index in [2.05, 4.69) is 39.0 Å². The number of benzene rings is 1. The van der Waals surface area contributed by atoms with Gasteiger partial charge in [0.2, 0.25) is 11.5 Å². The van der Waals surface area contributed by atoms with Crippen LogP contribution >= 0.6 is 0 Å². The summed E-state index contributed by atoms with van der Waals surface area (Å²) >= 11 is 0. The first-order chi connectivity index (χ1) is 20.4. The molecule has 2 fully saturated rings. The number of nitrogens with one attached hydrogen (secondary N) is 2. The zero-order chi connectivity index (χ0) is 31.0. The molecule has 5 rings (SSSR count). The molecule has 4 unspecified atom stereocenters. The zero-order valence-electron chi connectivity index (χ0n) is 24.8. The number of ether oxygens (including phenoxy) is 1. The van der Waals surface area contributed by atoms with Crippen LogP contribution in [0.4, 0.5) is 30.5 Å². The molecule has 2 saturated heterocycles. The van der Waals surface area contributed by atoms with E-state index in [0.29, 0.717) is 49.4 Å². The average Bonchev–Trinajstić information content (AvgIpc) is 2.95. The summed E-state index contributed by atoms with van der Waals surface area (Å²) in [6.07, 6.45) is 0.982. The first-order valence-electron chi connectivity index (χ1n) is 14.3. The number of pyridine rings is 1. The van der Waals surface area contributed by atoms with E-state index < -0.39 is 29.3 Å². The molecular formula is C30H36F3N7O3. The standard InChI is InChI=1S/C30H36F3N7O3/c1-16-12-39(13-17(2)38(16)5)26-8-24(31)21(20-9-35-30(36-10-20)40-14-18(3)43-19(4)15-40)6-25(26)37-29(42)23-11-34-27(41)7-22(23)28(32)33/h6-11,16-19,28H,12-15H2,1-5H3,(H,34,41)(H,37,42). The maximum Gasteiger partial charge on any atom is 0.264 e. The Kier molecular flexibility index (Phi) is 8.74. The normalized spacial score (nSPS) is 23.1. The highest BCUT2D eigenvalue weighted by Gasteiger charge is 2.30. The molecule has 2 aromatic heterocycles. The van der Waals surface area contributed by atoms with E-state index in [9.17, 15) is 18.4 Å². The summed E-state index contributed by atoms with van der Waals surface area (Å²) in [4.78, 5) is 42.5. The summed E-state index contributed by atoms with van der Waals surface area (Å²) in [5.41, 5.74) is -0.650. The Morgan fingerprint density at radius 3 is 2.23 bits per heavy atom. The molecule has 4 heterocycles. The molecule has 2 aliphatic rings. The maximum absolute atomic E-state index is 15.8. The Balaban J connectivity index is 1.52. The van der Waals surface area contributed by atoms with Gasteiger partial charge in [0.05, 0.1) is 29.1 Å². The van der Waals surface area contributed by atoms with E-state index in [0.717, 1.165) is 6.20 Å². The van der Waals surface area contributed by atoms with Gasteiger partial charge < -0.3 is 24.8 Å². The first kappa shape index (κ1) is 30.5. The Labute approximate surface area is 247 Å². The van der Waals surface area contributed by atoms with Crippen molar-refractivity contribution >= 4 is 23.2 Å². The fourth-order valence-corrected chi connectivity index (χ4v) is 5.77. The summed E-state index contributed by atoms with van der Waals surface area (Å²) in [6, 6.07) is 3.78. The number of anilines is 3. The second-order valence-corrected chi connectivity index (χ2v) is 11.5. The van der Waals surface area contributed by atoms with Crippen molar-refractivity contribution in [1.29, 1.82) is 0 Å². The van der Waals surface area contributed by atoms with Gasteiger partial charge in [0.25, 0.3) is 12.3 Å². The highest BCUT2D eigenvalue weighted by Crippen LogP contribution is 2.36. The van der Waals surface area contributed by atoms with Gasteiger partial charge in [-0.05, 0) is 46.9 Å². The number of morpholine rings is 1. The molecular weight excluding hydrogens is 563 g/mol. The molecule has 2 N–H and O–H groups in total. The lowest BCUT2D eigenvalue weighted by Gasteiger charge is -2.44. The van der Waals surface area contributed by atoms with Gasteiger partial charge in [-0.15, -0.1) is 0 Å². The third-order valence-corrected chi connectivity index (χ3v) is 8.12. The van der Waals surface area contributed by atoms with E-state index in [1.54, 1.807) is 0 Å². The number of alkyl halides is 2. The van der Waals surface area contributed by atoms with Crippen molar-refractivity contribution in [2.75, 3.05) is 48.3 Å². The van der Waals surface area contributed by atoms with Gasteiger partial charge in [-0.3, -0.25) is 14.5 Å². The Morgan fingerprint density at radius 1 is 1.00 bits per heavy atom. The third kappa shape index (κ3) is 6.52. The Bertz CT molecular complexity index is 1510. The molecule has 0 radical (unpaired) electrons. The van der Waals surface area contributed by atoms with Gasteiger partial charge in [-0.1, -0.05) is 0 Å². The van der Waals surface area contributed by atoms with Crippen LogP contribution < -0.4 is 20.7 Å². The minimum Gasteiger partial charge on any atom is -0.372 e. The number of carbonyl (C=O) groups is 1. The Morgan fingerprint density at radius 2 is 1.63 bits per heavy atom. The maximum atomic E-state index is 15.8. The van der Waals surface area contributed by atoms with Crippen LogP contribution in [-0.2, 0) is 4.74 Å². The first-order valence-corrected chi connectivity index (χ1v) is 14.3. The molecule has 1 amide bonds. The van der Waals surface area contributed by atoms with Gasteiger partial charge in [-0.25, -0.2) is 23.1 Å². The van der Waals surface area contributed by atoms with Crippen molar-refractivity contribution in [3.8, 4) is 11.1 Å². The lowest BCUT2D eigenvalue weighted by molar-refractivity contribution is -0.00572. The minimum absolute atomic E-state index is 0.0104. The average molecular weight is 600 g/mol. The van der Waals surface area contributed by atoms with Crippen LogP contribution in [0.5, 0.6) is 0 Å². The van der Waals surface area contributed by atoms with Crippen LogP contribution in [0.3, 0.4) is 0 Å². The minimum atomic E-state index is -3.04.